The van der Waals surface area contributed by atoms with Crippen LogP contribution in [-0.2, 0) is 6.42 Å². The highest BCUT2D eigenvalue weighted by Crippen LogP contribution is 2.25. The first kappa shape index (κ1) is 9.83. The molecule has 0 radical (unpaired) electrons. The van der Waals surface area contributed by atoms with Crippen molar-refractivity contribution in [1.29, 1.82) is 0 Å². The van der Waals surface area contributed by atoms with Crippen molar-refractivity contribution in [2.45, 2.75) is 12.6 Å². The first-order chi connectivity index (χ1) is 6.13. The molecule has 1 aromatic carbocycles. The lowest BCUT2D eigenvalue weighted by molar-refractivity contribution is 0.147. The molecule has 0 bridgehead atoms. The second-order valence-corrected chi connectivity index (χ2v) is 2.83. The Labute approximate surface area is 76.5 Å². The van der Waals surface area contributed by atoms with Crippen molar-refractivity contribution >= 4 is 0 Å². The fourth-order valence-corrected chi connectivity index (χ4v) is 1.02. The molecule has 4 nitrogen and oxygen atoms in total. The first-order valence-corrected chi connectivity index (χ1v) is 3.99. The number of rotatable bonds is 3. The maximum atomic E-state index is 9.22. The molecule has 0 aromatic heterocycles. The van der Waals surface area contributed by atoms with Gasteiger partial charge in [-0.2, -0.15) is 0 Å². The smallest absolute Gasteiger partial charge is 0.157 e. The monoisotopic (exact) mass is 183 g/mol. The number of aliphatic hydroxyl groups excluding tert-OH is 1. The number of phenols is 2. The van der Waals surface area contributed by atoms with Crippen LogP contribution in [0.1, 0.15) is 5.56 Å². The Morgan fingerprint density at radius 3 is 2.54 bits per heavy atom. The first-order valence-electron chi connectivity index (χ1n) is 3.99. The van der Waals surface area contributed by atoms with E-state index in [1.54, 1.807) is 13.1 Å². The summed E-state index contributed by atoms with van der Waals surface area (Å²) >= 11 is 0. The summed E-state index contributed by atoms with van der Waals surface area (Å²) in [6.07, 6.45) is -0.242. The van der Waals surface area contributed by atoms with E-state index < -0.39 is 6.23 Å². The highest BCUT2D eigenvalue weighted by atomic mass is 16.3. The van der Waals surface area contributed by atoms with Crippen LogP contribution in [0.25, 0.3) is 0 Å². The van der Waals surface area contributed by atoms with Crippen molar-refractivity contribution < 1.29 is 15.3 Å². The van der Waals surface area contributed by atoms with Crippen molar-refractivity contribution in [2.75, 3.05) is 7.05 Å². The molecular formula is C9H13NO3. The maximum absolute atomic E-state index is 9.22. The standard InChI is InChI=1S/C9H13NO3/c1-10-9(13)5-6-2-3-7(11)8(12)4-6/h2-4,9-13H,5H2,1H3/t9-/m0/s1. The highest BCUT2D eigenvalue weighted by molar-refractivity contribution is 5.40. The average molecular weight is 183 g/mol. The third-order valence-electron chi connectivity index (χ3n) is 1.80. The maximum Gasteiger partial charge on any atom is 0.157 e. The summed E-state index contributed by atoms with van der Waals surface area (Å²) in [5, 5.41) is 30.0. The van der Waals surface area contributed by atoms with Gasteiger partial charge >= 0.3 is 0 Å². The molecule has 0 fully saturated rings. The van der Waals surface area contributed by atoms with Crippen LogP contribution in [0.5, 0.6) is 11.5 Å². The molecule has 13 heavy (non-hydrogen) atoms. The van der Waals surface area contributed by atoms with Crippen molar-refractivity contribution in [3.05, 3.63) is 23.8 Å². The molecule has 0 aliphatic rings. The van der Waals surface area contributed by atoms with E-state index >= 15 is 0 Å². The van der Waals surface area contributed by atoms with E-state index in [4.69, 9.17) is 10.2 Å². The van der Waals surface area contributed by atoms with E-state index in [9.17, 15) is 5.11 Å². The Morgan fingerprint density at radius 1 is 1.31 bits per heavy atom. The third kappa shape index (κ3) is 2.61. The molecule has 1 atom stereocenters. The van der Waals surface area contributed by atoms with Crippen LogP contribution in [0, 0.1) is 0 Å². The fourth-order valence-electron chi connectivity index (χ4n) is 1.02. The zero-order valence-corrected chi connectivity index (χ0v) is 7.36. The quantitative estimate of drug-likeness (QED) is 0.398. The van der Waals surface area contributed by atoms with Crippen molar-refractivity contribution in [1.82, 2.24) is 5.32 Å². The van der Waals surface area contributed by atoms with E-state index in [2.05, 4.69) is 5.32 Å². The number of likely N-dealkylation sites (N-methyl/N-ethyl adjacent to an activating group) is 1. The van der Waals surface area contributed by atoms with Gasteiger partial charge in [0.15, 0.2) is 11.5 Å². The topological polar surface area (TPSA) is 72.7 Å². The van der Waals surface area contributed by atoms with E-state index in [-0.39, 0.29) is 11.5 Å². The zero-order valence-electron chi connectivity index (χ0n) is 7.36. The number of phenolic OH excluding ortho intramolecular Hbond substituents is 2. The summed E-state index contributed by atoms with van der Waals surface area (Å²) in [7, 11) is 1.64. The molecular weight excluding hydrogens is 170 g/mol. The Balaban J connectivity index is 2.73. The van der Waals surface area contributed by atoms with Gasteiger partial charge in [-0.3, -0.25) is 5.32 Å². The van der Waals surface area contributed by atoms with Gasteiger partial charge in [0, 0.05) is 6.42 Å². The van der Waals surface area contributed by atoms with Crippen LogP contribution in [-0.4, -0.2) is 28.6 Å². The summed E-state index contributed by atoms with van der Waals surface area (Å²) in [5.74, 6) is -0.316. The number of hydrogen-bond acceptors (Lipinski definition) is 4. The molecule has 0 heterocycles. The molecule has 4 heteroatoms. The summed E-state index contributed by atoms with van der Waals surface area (Å²) in [6.45, 7) is 0. The highest BCUT2D eigenvalue weighted by Gasteiger charge is 2.04. The van der Waals surface area contributed by atoms with Gasteiger partial charge in [-0.15, -0.1) is 0 Å². The molecule has 4 N–H and O–H groups in total. The lowest BCUT2D eigenvalue weighted by Gasteiger charge is -2.09. The van der Waals surface area contributed by atoms with Crippen LogP contribution < -0.4 is 5.32 Å². The Hall–Kier alpha value is -1.26. The van der Waals surface area contributed by atoms with E-state index in [1.165, 1.54) is 12.1 Å². The normalized spacial score (nSPS) is 12.8. The Morgan fingerprint density at radius 2 is 2.00 bits per heavy atom. The van der Waals surface area contributed by atoms with Gasteiger partial charge < -0.3 is 15.3 Å². The Bertz CT molecular complexity index is 288. The largest absolute Gasteiger partial charge is 0.504 e. The second-order valence-electron chi connectivity index (χ2n) is 2.83. The summed E-state index contributed by atoms with van der Waals surface area (Å²) in [4.78, 5) is 0. The van der Waals surface area contributed by atoms with Gasteiger partial charge in [0.25, 0.3) is 0 Å². The predicted molar refractivity (Wildman–Crippen MR) is 48.5 cm³/mol. The molecule has 1 rings (SSSR count). The summed E-state index contributed by atoms with van der Waals surface area (Å²) in [5.41, 5.74) is 0.761. The molecule has 0 amide bonds. The molecule has 0 aliphatic heterocycles. The van der Waals surface area contributed by atoms with Crippen LogP contribution >= 0.6 is 0 Å². The lowest BCUT2D eigenvalue weighted by atomic mass is 10.1. The van der Waals surface area contributed by atoms with Gasteiger partial charge in [0.2, 0.25) is 0 Å². The van der Waals surface area contributed by atoms with E-state index in [1.807, 2.05) is 0 Å². The van der Waals surface area contributed by atoms with Gasteiger partial charge in [-0.05, 0) is 24.7 Å². The van der Waals surface area contributed by atoms with Gasteiger partial charge in [-0.25, -0.2) is 0 Å². The molecule has 72 valence electrons. The number of aliphatic hydroxyl groups is 1. The minimum Gasteiger partial charge on any atom is -0.504 e. The summed E-state index contributed by atoms with van der Waals surface area (Å²) < 4.78 is 0. The van der Waals surface area contributed by atoms with Gasteiger partial charge in [-0.1, -0.05) is 6.07 Å². The molecule has 0 aliphatic carbocycles. The number of aromatic hydroxyl groups is 2. The van der Waals surface area contributed by atoms with E-state index in [0.717, 1.165) is 5.56 Å². The fraction of sp³-hybridized carbons (Fsp3) is 0.333. The molecule has 1 aromatic rings. The lowest BCUT2D eigenvalue weighted by Crippen LogP contribution is -2.26. The molecule has 0 unspecified atom stereocenters. The van der Waals surface area contributed by atoms with Crippen LogP contribution in [0.15, 0.2) is 18.2 Å². The minimum atomic E-state index is -0.635. The minimum absolute atomic E-state index is 0.150. The number of nitrogens with one attached hydrogen (secondary N) is 1. The molecule has 0 spiro atoms. The number of hydrogen-bond donors (Lipinski definition) is 4. The Kier molecular flexibility index (Phi) is 3.11. The van der Waals surface area contributed by atoms with Gasteiger partial charge in [0.05, 0.1) is 0 Å². The SMILES string of the molecule is CN[C@@H](O)Cc1ccc(O)c(O)c1. The van der Waals surface area contributed by atoms with Crippen molar-refractivity contribution in [3.63, 3.8) is 0 Å². The van der Waals surface area contributed by atoms with E-state index in [0.29, 0.717) is 6.42 Å². The van der Waals surface area contributed by atoms with Crippen molar-refractivity contribution in [3.8, 4) is 11.5 Å². The van der Waals surface area contributed by atoms with Crippen LogP contribution in [0.2, 0.25) is 0 Å². The predicted octanol–water partition coefficient (Wildman–Crippen LogP) is 0.178. The van der Waals surface area contributed by atoms with Crippen LogP contribution in [0.4, 0.5) is 0 Å². The summed E-state index contributed by atoms with van der Waals surface area (Å²) in [6, 6.07) is 4.47. The second kappa shape index (κ2) is 4.11. The number of benzene rings is 1. The molecule has 0 saturated carbocycles. The van der Waals surface area contributed by atoms with Crippen molar-refractivity contribution in [2.24, 2.45) is 0 Å². The average Bonchev–Trinajstić information content (AvgIpc) is 2.11. The third-order valence-corrected chi connectivity index (χ3v) is 1.80. The zero-order chi connectivity index (χ0) is 9.84. The van der Waals surface area contributed by atoms with Crippen LogP contribution in [0.3, 0.4) is 0 Å². The van der Waals surface area contributed by atoms with Gasteiger partial charge in [0.1, 0.15) is 6.23 Å². The molecule has 0 saturated heterocycles.